The Bertz CT molecular complexity index is 1210. The fraction of sp³-hybridized carbons (Fsp3) is 0.0476. The van der Waals surface area contributed by atoms with E-state index in [9.17, 15) is 14.7 Å². The lowest BCUT2D eigenvalue weighted by Gasteiger charge is -2.14. The highest BCUT2D eigenvalue weighted by atomic mass is 32.2. The molecule has 0 aliphatic carbocycles. The van der Waals surface area contributed by atoms with Crippen LogP contribution in [-0.2, 0) is 4.79 Å². The highest BCUT2D eigenvalue weighted by Crippen LogP contribution is 2.36. The van der Waals surface area contributed by atoms with E-state index in [2.05, 4.69) is 4.98 Å². The number of rotatable bonds is 4. The standard InChI is InChI=1S/C21H14N2O4S2/c1-27-16-7-3-4-12-8-9-14(22-18(12)16)11-17-19(24)23(21(28)29-17)15-6-2-5-13(10-15)20(25)26/h2-11H,1H3,(H,25,26). The van der Waals surface area contributed by atoms with E-state index in [1.807, 2.05) is 30.3 Å². The molecule has 2 heterocycles. The molecule has 1 amide bonds. The number of pyridine rings is 1. The molecule has 0 atom stereocenters. The molecular formula is C21H14N2O4S2. The first-order valence-corrected chi connectivity index (χ1v) is 9.75. The zero-order valence-electron chi connectivity index (χ0n) is 15.2. The van der Waals surface area contributed by atoms with Crippen molar-refractivity contribution in [2.24, 2.45) is 0 Å². The van der Waals surface area contributed by atoms with Gasteiger partial charge in [0.2, 0.25) is 0 Å². The molecular weight excluding hydrogens is 408 g/mol. The summed E-state index contributed by atoms with van der Waals surface area (Å²) in [5.41, 5.74) is 1.81. The summed E-state index contributed by atoms with van der Waals surface area (Å²) >= 11 is 6.51. The highest BCUT2D eigenvalue weighted by Gasteiger charge is 2.33. The minimum atomic E-state index is -1.07. The van der Waals surface area contributed by atoms with Gasteiger partial charge in [-0.05, 0) is 36.4 Å². The number of aromatic carboxylic acids is 1. The Kier molecular flexibility index (Phi) is 5.04. The quantitative estimate of drug-likeness (QED) is 0.495. The normalized spacial score (nSPS) is 15.3. The Morgan fingerprint density at radius 1 is 1.21 bits per heavy atom. The summed E-state index contributed by atoms with van der Waals surface area (Å²) < 4.78 is 5.70. The van der Waals surface area contributed by atoms with Gasteiger partial charge in [0.15, 0.2) is 4.32 Å². The molecule has 0 saturated carbocycles. The maximum atomic E-state index is 12.9. The van der Waals surface area contributed by atoms with Gasteiger partial charge < -0.3 is 9.84 Å². The van der Waals surface area contributed by atoms with Crippen molar-refractivity contribution in [2.75, 3.05) is 12.0 Å². The zero-order chi connectivity index (χ0) is 20.5. The number of hydrogen-bond acceptors (Lipinski definition) is 6. The second kappa shape index (κ2) is 7.65. The number of nitrogens with zero attached hydrogens (tertiary/aromatic N) is 2. The van der Waals surface area contributed by atoms with E-state index in [4.69, 9.17) is 17.0 Å². The molecule has 1 N–H and O–H groups in total. The lowest BCUT2D eigenvalue weighted by molar-refractivity contribution is -0.113. The molecule has 1 aliphatic rings. The smallest absolute Gasteiger partial charge is 0.335 e. The Morgan fingerprint density at radius 3 is 2.76 bits per heavy atom. The monoisotopic (exact) mass is 422 g/mol. The van der Waals surface area contributed by atoms with Crippen molar-refractivity contribution >= 4 is 62.8 Å². The van der Waals surface area contributed by atoms with Gasteiger partial charge in [-0.15, -0.1) is 0 Å². The van der Waals surface area contributed by atoms with Crippen molar-refractivity contribution in [1.29, 1.82) is 0 Å². The Balaban J connectivity index is 1.70. The van der Waals surface area contributed by atoms with Crippen LogP contribution in [0.15, 0.2) is 59.5 Å². The van der Waals surface area contributed by atoms with E-state index in [0.29, 0.717) is 31.9 Å². The van der Waals surface area contributed by atoms with Crippen LogP contribution in [0.4, 0.5) is 5.69 Å². The van der Waals surface area contributed by atoms with E-state index >= 15 is 0 Å². The number of anilines is 1. The van der Waals surface area contributed by atoms with Gasteiger partial charge in [-0.25, -0.2) is 9.78 Å². The zero-order valence-corrected chi connectivity index (χ0v) is 16.8. The molecule has 2 aromatic carbocycles. The number of fused-ring (bicyclic) bond motifs is 1. The van der Waals surface area contributed by atoms with Gasteiger partial charge in [0.25, 0.3) is 5.91 Å². The first kappa shape index (κ1) is 19.1. The third kappa shape index (κ3) is 3.59. The number of aromatic nitrogens is 1. The average molecular weight is 422 g/mol. The van der Waals surface area contributed by atoms with Gasteiger partial charge in [-0.3, -0.25) is 9.69 Å². The topological polar surface area (TPSA) is 79.7 Å². The van der Waals surface area contributed by atoms with Crippen molar-refractivity contribution in [3.8, 4) is 5.75 Å². The molecule has 8 heteroatoms. The molecule has 3 aromatic rings. The molecule has 1 aliphatic heterocycles. The number of carbonyl (C=O) groups excluding carboxylic acids is 1. The van der Waals surface area contributed by atoms with Crippen LogP contribution in [0.25, 0.3) is 17.0 Å². The lowest BCUT2D eigenvalue weighted by atomic mass is 10.1. The fourth-order valence-electron chi connectivity index (χ4n) is 2.98. The predicted molar refractivity (Wildman–Crippen MR) is 117 cm³/mol. The van der Waals surface area contributed by atoms with E-state index in [0.717, 1.165) is 17.1 Å². The molecule has 1 aromatic heterocycles. The molecule has 6 nitrogen and oxygen atoms in total. The van der Waals surface area contributed by atoms with Gasteiger partial charge in [0, 0.05) is 5.39 Å². The third-order valence-electron chi connectivity index (χ3n) is 4.35. The summed E-state index contributed by atoms with van der Waals surface area (Å²) in [5.74, 6) is -0.734. The maximum Gasteiger partial charge on any atom is 0.335 e. The van der Waals surface area contributed by atoms with Crippen LogP contribution in [0.5, 0.6) is 5.75 Å². The second-order valence-corrected chi connectivity index (χ2v) is 7.82. The molecule has 144 valence electrons. The summed E-state index contributed by atoms with van der Waals surface area (Å²) in [5, 5.41) is 10.1. The number of methoxy groups -OCH3 is 1. The second-order valence-electron chi connectivity index (χ2n) is 6.14. The van der Waals surface area contributed by atoms with Crippen LogP contribution >= 0.6 is 24.0 Å². The number of carbonyl (C=O) groups is 2. The first-order chi connectivity index (χ1) is 14.0. The van der Waals surface area contributed by atoms with Gasteiger partial charge >= 0.3 is 5.97 Å². The van der Waals surface area contributed by atoms with Crippen molar-refractivity contribution < 1.29 is 19.4 Å². The third-order valence-corrected chi connectivity index (χ3v) is 5.65. The molecule has 1 fully saturated rings. The molecule has 0 spiro atoms. The highest BCUT2D eigenvalue weighted by molar-refractivity contribution is 8.27. The summed E-state index contributed by atoms with van der Waals surface area (Å²) in [4.78, 5) is 30.5. The largest absolute Gasteiger partial charge is 0.494 e. The summed E-state index contributed by atoms with van der Waals surface area (Å²) in [6.45, 7) is 0. The van der Waals surface area contributed by atoms with Crippen LogP contribution in [-0.4, -0.2) is 33.4 Å². The van der Waals surface area contributed by atoms with E-state index in [1.54, 1.807) is 25.3 Å². The molecule has 0 bridgehead atoms. The Labute approximate surface area is 175 Å². The van der Waals surface area contributed by atoms with Crippen LogP contribution in [0.2, 0.25) is 0 Å². The predicted octanol–water partition coefficient (Wildman–Crippen LogP) is 4.35. The first-order valence-electron chi connectivity index (χ1n) is 8.53. The minimum Gasteiger partial charge on any atom is -0.494 e. The van der Waals surface area contributed by atoms with Crippen molar-refractivity contribution in [2.45, 2.75) is 0 Å². The average Bonchev–Trinajstić information content (AvgIpc) is 3.00. The molecule has 29 heavy (non-hydrogen) atoms. The number of thiocarbonyl (C=S) groups is 1. The Morgan fingerprint density at radius 2 is 2.00 bits per heavy atom. The van der Waals surface area contributed by atoms with Gasteiger partial charge in [0.05, 0.1) is 29.0 Å². The van der Waals surface area contributed by atoms with E-state index < -0.39 is 5.97 Å². The Hall–Kier alpha value is -3.23. The van der Waals surface area contributed by atoms with Crippen LogP contribution in [0, 0.1) is 0 Å². The number of thioether (sulfide) groups is 1. The van der Waals surface area contributed by atoms with Gasteiger partial charge in [-0.2, -0.15) is 0 Å². The van der Waals surface area contributed by atoms with Gasteiger partial charge in [0.1, 0.15) is 11.3 Å². The summed E-state index contributed by atoms with van der Waals surface area (Å²) in [7, 11) is 1.58. The van der Waals surface area contributed by atoms with Crippen LogP contribution < -0.4 is 9.64 Å². The fourth-order valence-corrected chi connectivity index (χ4v) is 4.27. The molecule has 0 radical (unpaired) electrons. The van der Waals surface area contributed by atoms with Crippen LogP contribution in [0.3, 0.4) is 0 Å². The number of amides is 1. The number of carboxylic acid groups (broad SMARTS) is 1. The number of carboxylic acids is 1. The summed E-state index contributed by atoms with van der Waals surface area (Å²) in [6, 6.07) is 15.5. The summed E-state index contributed by atoms with van der Waals surface area (Å²) in [6.07, 6.45) is 1.67. The van der Waals surface area contributed by atoms with E-state index in [1.165, 1.54) is 17.0 Å². The minimum absolute atomic E-state index is 0.0869. The van der Waals surface area contributed by atoms with Gasteiger partial charge in [-0.1, -0.05) is 48.2 Å². The lowest BCUT2D eigenvalue weighted by Crippen LogP contribution is -2.27. The number of benzene rings is 2. The molecule has 0 unspecified atom stereocenters. The van der Waals surface area contributed by atoms with Crippen molar-refractivity contribution in [3.63, 3.8) is 0 Å². The van der Waals surface area contributed by atoms with E-state index in [-0.39, 0.29) is 11.5 Å². The van der Waals surface area contributed by atoms with Crippen molar-refractivity contribution in [1.82, 2.24) is 4.98 Å². The number of para-hydroxylation sites is 1. The number of ether oxygens (including phenoxy) is 1. The molecule has 1 saturated heterocycles. The van der Waals surface area contributed by atoms with Crippen LogP contribution in [0.1, 0.15) is 16.1 Å². The maximum absolute atomic E-state index is 12.9. The van der Waals surface area contributed by atoms with Crippen molar-refractivity contribution in [3.05, 3.63) is 70.8 Å². The SMILES string of the molecule is COc1cccc2ccc(C=C3SC(=S)N(c4cccc(C(=O)O)c4)C3=O)nc12. The molecule has 4 rings (SSSR count). The number of hydrogen-bond donors (Lipinski definition) is 1.